The van der Waals surface area contributed by atoms with E-state index in [4.69, 9.17) is 10.8 Å². The van der Waals surface area contributed by atoms with Gasteiger partial charge in [0.2, 0.25) is 11.8 Å². The van der Waals surface area contributed by atoms with Crippen molar-refractivity contribution in [1.82, 2.24) is 15.5 Å². The van der Waals surface area contributed by atoms with Gasteiger partial charge in [-0.25, -0.2) is 0 Å². The largest absolute Gasteiger partial charge is 0.480 e. The molecule has 4 atom stereocenters. The highest BCUT2D eigenvalue weighted by Crippen LogP contribution is 2.17. The molecular weight excluding hydrogens is 336 g/mol. The van der Waals surface area contributed by atoms with Gasteiger partial charge >= 0.3 is 5.97 Å². The minimum Gasteiger partial charge on any atom is -0.480 e. The Bertz CT molecular complexity index is 681. The van der Waals surface area contributed by atoms with Crippen LogP contribution in [0.2, 0.25) is 0 Å². The zero-order valence-electron chi connectivity index (χ0n) is 14.4. The molecular formula is C18H24N4O4. The van der Waals surface area contributed by atoms with Crippen molar-refractivity contribution in [1.29, 1.82) is 0 Å². The van der Waals surface area contributed by atoms with Gasteiger partial charge in [0.25, 0.3) is 0 Å². The van der Waals surface area contributed by atoms with E-state index in [0.717, 1.165) is 24.8 Å². The van der Waals surface area contributed by atoms with Crippen LogP contribution in [0.15, 0.2) is 30.3 Å². The maximum Gasteiger partial charge on any atom is 0.322 e. The summed E-state index contributed by atoms with van der Waals surface area (Å²) in [6.45, 7) is 0.570. The quantitative estimate of drug-likeness (QED) is 0.502. The average Bonchev–Trinajstić information content (AvgIpc) is 3.43. The van der Waals surface area contributed by atoms with E-state index in [0.29, 0.717) is 13.0 Å². The van der Waals surface area contributed by atoms with Gasteiger partial charge in [-0.2, -0.15) is 0 Å². The summed E-state index contributed by atoms with van der Waals surface area (Å²) in [6, 6.07) is 6.93. The number of carboxylic acids is 1. The van der Waals surface area contributed by atoms with E-state index in [-0.39, 0.29) is 12.1 Å². The Hall–Kier alpha value is -2.45. The summed E-state index contributed by atoms with van der Waals surface area (Å²) in [5, 5.41) is 14.3. The van der Waals surface area contributed by atoms with Gasteiger partial charge in [0.1, 0.15) is 18.1 Å². The minimum absolute atomic E-state index is 0.220. The number of piperidine rings is 1. The predicted molar refractivity (Wildman–Crippen MR) is 94.0 cm³/mol. The molecule has 1 aromatic rings. The standard InChI is InChI=1S/C18H24N4O4/c19-13-8-4-5-9-22(13)17(24)12(10-11-6-2-1-3-7-11)20-16(23)14-15(21-14)18(25)26/h1-3,6-7,12-15,21H,4-5,8-10,19H2,(H,20,23)(H,25,26)/t12-,13?,14-,15-/m0/s1. The van der Waals surface area contributed by atoms with E-state index in [1.54, 1.807) is 4.90 Å². The van der Waals surface area contributed by atoms with Crippen LogP contribution >= 0.6 is 0 Å². The average molecular weight is 360 g/mol. The molecule has 8 heteroatoms. The summed E-state index contributed by atoms with van der Waals surface area (Å²) in [4.78, 5) is 37.9. The van der Waals surface area contributed by atoms with Crippen molar-refractivity contribution in [2.45, 2.75) is 50.0 Å². The molecule has 1 aromatic carbocycles. The van der Waals surface area contributed by atoms with Gasteiger partial charge in [-0.05, 0) is 24.8 Å². The van der Waals surface area contributed by atoms with E-state index >= 15 is 0 Å². The first-order chi connectivity index (χ1) is 12.5. The van der Waals surface area contributed by atoms with Gasteiger partial charge in [0.05, 0.1) is 6.17 Å². The maximum absolute atomic E-state index is 13.0. The Balaban J connectivity index is 1.72. The van der Waals surface area contributed by atoms with Crippen molar-refractivity contribution in [2.75, 3.05) is 6.54 Å². The number of hydrogen-bond acceptors (Lipinski definition) is 5. The lowest BCUT2D eigenvalue weighted by atomic mass is 10.0. The highest BCUT2D eigenvalue weighted by molar-refractivity contribution is 5.97. The molecule has 0 aliphatic carbocycles. The second-order valence-corrected chi connectivity index (χ2v) is 6.81. The van der Waals surface area contributed by atoms with Crippen molar-refractivity contribution in [2.24, 2.45) is 5.73 Å². The van der Waals surface area contributed by atoms with E-state index < -0.39 is 30.0 Å². The van der Waals surface area contributed by atoms with Crippen LogP contribution in [0.3, 0.4) is 0 Å². The number of amides is 2. The number of nitrogens with two attached hydrogens (primary N) is 1. The third-order valence-electron chi connectivity index (χ3n) is 4.86. The molecule has 0 radical (unpaired) electrons. The minimum atomic E-state index is -1.07. The van der Waals surface area contributed by atoms with Crippen LogP contribution in [0, 0.1) is 0 Å². The molecule has 2 aliphatic heterocycles. The Morgan fingerprint density at radius 2 is 1.96 bits per heavy atom. The van der Waals surface area contributed by atoms with Crippen LogP contribution in [0.1, 0.15) is 24.8 Å². The lowest BCUT2D eigenvalue weighted by Crippen LogP contribution is -2.57. The summed E-state index contributed by atoms with van der Waals surface area (Å²) in [5.74, 6) is -1.77. The van der Waals surface area contributed by atoms with Crippen LogP contribution in [-0.2, 0) is 20.8 Å². The topological polar surface area (TPSA) is 135 Å². The molecule has 0 aromatic heterocycles. The van der Waals surface area contributed by atoms with Gasteiger partial charge < -0.3 is 21.1 Å². The number of rotatable bonds is 6. The maximum atomic E-state index is 13.0. The molecule has 8 nitrogen and oxygen atoms in total. The zero-order valence-corrected chi connectivity index (χ0v) is 14.4. The van der Waals surface area contributed by atoms with Gasteiger partial charge in [0, 0.05) is 13.0 Å². The van der Waals surface area contributed by atoms with Crippen LogP contribution in [0.4, 0.5) is 0 Å². The highest BCUT2D eigenvalue weighted by Gasteiger charge is 2.48. The molecule has 1 unspecified atom stereocenters. The molecule has 2 fully saturated rings. The molecule has 0 saturated carbocycles. The summed E-state index contributed by atoms with van der Waals surface area (Å²) >= 11 is 0. The molecule has 2 aliphatic rings. The number of carbonyl (C=O) groups excluding carboxylic acids is 2. The van der Waals surface area contributed by atoms with Crippen molar-refractivity contribution in [3.8, 4) is 0 Å². The lowest BCUT2D eigenvalue weighted by Gasteiger charge is -2.35. The predicted octanol–water partition coefficient (Wildman–Crippen LogP) is -0.564. The molecule has 0 spiro atoms. The number of benzene rings is 1. The fourth-order valence-corrected chi connectivity index (χ4v) is 3.32. The molecule has 5 N–H and O–H groups in total. The number of carboxylic acid groups (broad SMARTS) is 1. The Morgan fingerprint density at radius 1 is 1.23 bits per heavy atom. The van der Waals surface area contributed by atoms with E-state index in [9.17, 15) is 14.4 Å². The highest BCUT2D eigenvalue weighted by atomic mass is 16.4. The Kier molecular flexibility index (Phi) is 5.53. The number of nitrogens with one attached hydrogen (secondary N) is 2. The van der Waals surface area contributed by atoms with E-state index in [1.165, 1.54) is 0 Å². The second-order valence-electron chi connectivity index (χ2n) is 6.81. The van der Waals surface area contributed by atoms with Crippen LogP contribution in [-0.4, -0.2) is 58.6 Å². The van der Waals surface area contributed by atoms with Gasteiger partial charge in [-0.15, -0.1) is 0 Å². The number of aliphatic carboxylic acids is 1. The first kappa shape index (κ1) is 18.3. The summed E-state index contributed by atoms with van der Waals surface area (Å²) in [6.07, 6.45) is 2.59. The van der Waals surface area contributed by atoms with Crippen molar-refractivity contribution in [3.05, 3.63) is 35.9 Å². The van der Waals surface area contributed by atoms with Crippen molar-refractivity contribution in [3.63, 3.8) is 0 Å². The van der Waals surface area contributed by atoms with Crippen LogP contribution in [0.5, 0.6) is 0 Å². The monoisotopic (exact) mass is 360 g/mol. The normalized spacial score (nSPS) is 26.0. The summed E-state index contributed by atoms with van der Waals surface area (Å²) in [5.41, 5.74) is 6.99. The number of hydrogen-bond donors (Lipinski definition) is 4. The van der Waals surface area contributed by atoms with Crippen LogP contribution in [0.25, 0.3) is 0 Å². The molecule has 26 heavy (non-hydrogen) atoms. The smallest absolute Gasteiger partial charge is 0.322 e. The second kappa shape index (κ2) is 7.84. The molecule has 2 heterocycles. The number of nitrogens with zero attached hydrogens (tertiary/aromatic N) is 1. The van der Waals surface area contributed by atoms with Gasteiger partial charge in [-0.3, -0.25) is 19.7 Å². The fourth-order valence-electron chi connectivity index (χ4n) is 3.32. The fraction of sp³-hybridized carbons (Fsp3) is 0.500. The molecule has 2 saturated heterocycles. The van der Waals surface area contributed by atoms with Crippen LogP contribution < -0.4 is 16.4 Å². The van der Waals surface area contributed by atoms with E-state index in [1.807, 2.05) is 30.3 Å². The lowest BCUT2D eigenvalue weighted by molar-refractivity contribution is -0.139. The van der Waals surface area contributed by atoms with Gasteiger partial charge in [0.15, 0.2) is 0 Å². The molecule has 3 rings (SSSR count). The third kappa shape index (κ3) is 4.20. The Labute approximate surface area is 151 Å². The van der Waals surface area contributed by atoms with Gasteiger partial charge in [-0.1, -0.05) is 30.3 Å². The summed E-state index contributed by atoms with van der Waals surface area (Å²) < 4.78 is 0. The molecule has 2 amide bonds. The summed E-state index contributed by atoms with van der Waals surface area (Å²) in [7, 11) is 0. The SMILES string of the molecule is NC1CCCCN1C(=O)[C@H](Cc1ccccc1)NC(=O)[C@H]1N[C@@H]1C(=O)O. The molecule has 0 bridgehead atoms. The first-order valence-corrected chi connectivity index (χ1v) is 8.86. The number of carbonyl (C=O) groups is 3. The molecule has 140 valence electrons. The third-order valence-corrected chi connectivity index (χ3v) is 4.86. The van der Waals surface area contributed by atoms with E-state index in [2.05, 4.69) is 10.6 Å². The van der Waals surface area contributed by atoms with Crippen molar-refractivity contribution >= 4 is 17.8 Å². The zero-order chi connectivity index (χ0) is 18.7. The first-order valence-electron chi connectivity index (χ1n) is 8.86. The van der Waals surface area contributed by atoms with Crippen molar-refractivity contribution < 1.29 is 19.5 Å². The Morgan fingerprint density at radius 3 is 2.58 bits per heavy atom. The number of likely N-dealkylation sites (tertiary alicyclic amines) is 1.